The Bertz CT molecular complexity index is 541. The minimum absolute atomic E-state index is 0.316. The van der Waals surface area contributed by atoms with Gasteiger partial charge in [0.1, 0.15) is 12.1 Å². The van der Waals surface area contributed by atoms with Crippen molar-refractivity contribution in [2.75, 3.05) is 18.4 Å². The second-order valence-corrected chi connectivity index (χ2v) is 5.01. The number of aryl methyl sites for hydroxylation is 1. The largest absolute Gasteiger partial charge is 0.369 e. The summed E-state index contributed by atoms with van der Waals surface area (Å²) in [5.74, 6) is 0.997. The van der Waals surface area contributed by atoms with Crippen molar-refractivity contribution in [3.63, 3.8) is 0 Å². The van der Waals surface area contributed by atoms with Gasteiger partial charge in [-0.25, -0.2) is 4.98 Å². The van der Waals surface area contributed by atoms with E-state index in [1.165, 1.54) is 18.4 Å². The summed E-state index contributed by atoms with van der Waals surface area (Å²) in [7, 11) is 0. The van der Waals surface area contributed by atoms with Crippen molar-refractivity contribution in [1.29, 1.82) is 0 Å². The molecule has 1 aliphatic carbocycles. The summed E-state index contributed by atoms with van der Waals surface area (Å²) in [6, 6.07) is 4.11. The Balaban J connectivity index is 1.86. The topological polar surface area (TPSA) is 68.2 Å². The first-order valence-electron chi connectivity index (χ1n) is 5.97. The second kappa shape index (κ2) is 3.70. The van der Waals surface area contributed by atoms with Crippen molar-refractivity contribution in [1.82, 2.24) is 14.6 Å². The molecule has 0 spiro atoms. The van der Waals surface area contributed by atoms with E-state index in [1.807, 2.05) is 10.6 Å². The van der Waals surface area contributed by atoms with E-state index in [-0.39, 0.29) is 0 Å². The van der Waals surface area contributed by atoms with Crippen LogP contribution in [0.5, 0.6) is 0 Å². The lowest BCUT2D eigenvalue weighted by Crippen LogP contribution is -2.25. The van der Waals surface area contributed by atoms with E-state index in [2.05, 4.69) is 28.4 Å². The van der Waals surface area contributed by atoms with Crippen LogP contribution in [0.25, 0.3) is 5.65 Å². The van der Waals surface area contributed by atoms with Crippen LogP contribution in [0.4, 0.5) is 5.82 Å². The Kier molecular flexibility index (Phi) is 2.29. The molecule has 0 atom stereocenters. The van der Waals surface area contributed by atoms with Gasteiger partial charge in [0.2, 0.25) is 0 Å². The molecule has 17 heavy (non-hydrogen) atoms. The highest BCUT2D eigenvalue weighted by Crippen LogP contribution is 2.44. The molecule has 0 aliphatic heterocycles. The van der Waals surface area contributed by atoms with E-state index in [1.54, 1.807) is 6.33 Å². The van der Waals surface area contributed by atoms with Gasteiger partial charge in [0, 0.05) is 6.54 Å². The molecular formula is C12H17N5. The maximum absolute atomic E-state index is 5.78. The summed E-state index contributed by atoms with van der Waals surface area (Å²) in [4.78, 5) is 4.21. The van der Waals surface area contributed by atoms with Crippen LogP contribution in [0.1, 0.15) is 18.4 Å². The standard InChI is InChI=1S/C12H17N5/c1-9-4-10(14-7-12(6-13)2-3-12)17-11(5-9)15-8-16-17/h4-5,8,14H,2-3,6-7,13H2,1H3. The van der Waals surface area contributed by atoms with Crippen LogP contribution in [0, 0.1) is 12.3 Å². The molecule has 1 fully saturated rings. The van der Waals surface area contributed by atoms with Gasteiger partial charge in [-0.2, -0.15) is 9.61 Å². The maximum Gasteiger partial charge on any atom is 0.157 e. The highest BCUT2D eigenvalue weighted by atomic mass is 15.3. The van der Waals surface area contributed by atoms with Crippen LogP contribution in [-0.4, -0.2) is 27.7 Å². The molecular weight excluding hydrogens is 214 g/mol. The van der Waals surface area contributed by atoms with Gasteiger partial charge < -0.3 is 11.1 Å². The van der Waals surface area contributed by atoms with Crippen molar-refractivity contribution < 1.29 is 0 Å². The maximum atomic E-state index is 5.78. The van der Waals surface area contributed by atoms with E-state index < -0.39 is 0 Å². The minimum atomic E-state index is 0.316. The Hall–Kier alpha value is -1.62. The third kappa shape index (κ3) is 1.86. The predicted octanol–water partition coefficient (Wildman–Crippen LogP) is 1.19. The molecule has 2 aromatic rings. The van der Waals surface area contributed by atoms with Gasteiger partial charge in [-0.1, -0.05) is 0 Å². The first-order chi connectivity index (χ1) is 8.22. The lowest BCUT2D eigenvalue weighted by Gasteiger charge is -2.15. The SMILES string of the molecule is Cc1cc(NCC2(CN)CC2)n2ncnc2c1. The number of hydrogen-bond acceptors (Lipinski definition) is 4. The fourth-order valence-corrected chi connectivity index (χ4v) is 2.09. The quantitative estimate of drug-likeness (QED) is 0.829. The number of rotatable bonds is 4. The zero-order chi connectivity index (χ0) is 11.9. The normalized spacial score (nSPS) is 17.3. The molecule has 2 aromatic heterocycles. The average molecular weight is 231 g/mol. The predicted molar refractivity (Wildman–Crippen MR) is 66.9 cm³/mol. The van der Waals surface area contributed by atoms with Crippen molar-refractivity contribution >= 4 is 11.5 Å². The number of nitrogens with one attached hydrogen (secondary N) is 1. The highest BCUT2D eigenvalue weighted by molar-refractivity contribution is 5.51. The number of pyridine rings is 1. The summed E-state index contributed by atoms with van der Waals surface area (Å²) >= 11 is 0. The van der Waals surface area contributed by atoms with Crippen molar-refractivity contribution in [2.45, 2.75) is 19.8 Å². The van der Waals surface area contributed by atoms with E-state index >= 15 is 0 Å². The fraction of sp³-hybridized carbons (Fsp3) is 0.500. The number of anilines is 1. The van der Waals surface area contributed by atoms with Crippen LogP contribution in [0.3, 0.4) is 0 Å². The van der Waals surface area contributed by atoms with Gasteiger partial charge >= 0.3 is 0 Å². The molecule has 0 amide bonds. The second-order valence-electron chi connectivity index (χ2n) is 5.01. The number of aromatic nitrogens is 3. The van der Waals surface area contributed by atoms with Gasteiger partial charge in [-0.05, 0) is 49.4 Å². The van der Waals surface area contributed by atoms with Crippen LogP contribution in [-0.2, 0) is 0 Å². The molecule has 0 bridgehead atoms. The van der Waals surface area contributed by atoms with Crippen LogP contribution < -0.4 is 11.1 Å². The van der Waals surface area contributed by atoms with Gasteiger partial charge in [0.05, 0.1) is 0 Å². The number of nitrogens with two attached hydrogens (primary N) is 1. The average Bonchev–Trinajstić information content (AvgIpc) is 2.96. The molecule has 5 heteroatoms. The lowest BCUT2D eigenvalue weighted by atomic mass is 10.1. The van der Waals surface area contributed by atoms with Crippen LogP contribution in [0.2, 0.25) is 0 Å². The molecule has 2 heterocycles. The Morgan fingerprint density at radius 1 is 1.47 bits per heavy atom. The van der Waals surface area contributed by atoms with Crippen molar-refractivity contribution in [3.05, 3.63) is 24.0 Å². The molecule has 0 saturated heterocycles. The minimum Gasteiger partial charge on any atom is -0.369 e. The molecule has 0 aromatic carbocycles. The third-order valence-electron chi connectivity index (χ3n) is 3.56. The van der Waals surface area contributed by atoms with E-state index in [0.717, 1.165) is 24.6 Å². The number of fused-ring (bicyclic) bond motifs is 1. The molecule has 0 radical (unpaired) electrons. The monoisotopic (exact) mass is 231 g/mol. The molecule has 5 nitrogen and oxygen atoms in total. The van der Waals surface area contributed by atoms with Gasteiger partial charge in [-0.3, -0.25) is 0 Å². The Labute approximate surface area is 100 Å². The fourth-order valence-electron chi connectivity index (χ4n) is 2.09. The molecule has 3 N–H and O–H groups in total. The smallest absolute Gasteiger partial charge is 0.157 e. The summed E-state index contributed by atoms with van der Waals surface area (Å²) in [6.07, 6.45) is 4.03. The van der Waals surface area contributed by atoms with Gasteiger partial charge in [-0.15, -0.1) is 0 Å². The first kappa shape index (κ1) is 10.5. The molecule has 3 rings (SSSR count). The van der Waals surface area contributed by atoms with E-state index in [9.17, 15) is 0 Å². The zero-order valence-electron chi connectivity index (χ0n) is 9.98. The van der Waals surface area contributed by atoms with E-state index in [0.29, 0.717) is 5.41 Å². The summed E-state index contributed by atoms with van der Waals surface area (Å²) in [5.41, 5.74) is 8.16. The molecule has 1 aliphatic rings. The Morgan fingerprint density at radius 2 is 2.29 bits per heavy atom. The summed E-state index contributed by atoms with van der Waals surface area (Å²) in [6.45, 7) is 3.74. The molecule has 1 saturated carbocycles. The van der Waals surface area contributed by atoms with E-state index in [4.69, 9.17) is 5.73 Å². The molecule has 0 unspecified atom stereocenters. The van der Waals surface area contributed by atoms with Gasteiger partial charge in [0.25, 0.3) is 0 Å². The molecule has 90 valence electrons. The van der Waals surface area contributed by atoms with Crippen molar-refractivity contribution in [2.24, 2.45) is 11.1 Å². The van der Waals surface area contributed by atoms with Crippen molar-refractivity contribution in [3.8, 4) is 0 Å². The van der Waals surface area contributed by atoms with Crippen LogP contribution >= 0.6 is 0 Å². The zero-order valence-corrected chi connectivity index (χ0v) is 9.98. The first-order valence-corrected chi connectivity index (χ1v) is 5.97. The summed E-state index contributed by atoms with van der Waals surface area (Å²) in [5, 5.41) is 7.67. The summed E-state index contributed by atoms with van der Waals surface area (Å²) < 4.78 is 1.83. The lowest BCUT2D eigenvalue weighted by molar-refractivity contribution is 0.554. The third-order valence-corrected chi connectivity index (χ3v) is 3.56. The van der Waals surface area contributed by atoms with Gasteiger partial charge in [0.15, 0.2) is 5.65 Å². The highest BCUT2D eigenvalue weighted by Gasteiger charge is 2.40. The number of hydrogen-bond donors (Lipinski definition) is 2. The van der Waals surface area contributed by atoms with Crippen LogP contribution in [0.15, 0.2) is 18.5 Å². The Morgan fingerprint density at radius 3 is 3.00 bits per heavy atom. The number of nitrogens with zero attached hydrogens (tertiary/aromatic N) is 3.